The van der Waals surface area contributed by atoms with Gasteiger partial charge in [-0.2, -0.15) is 0 Å². The molecule has 0 aliphatic carbocycles. The molecule has 1 fully saturated rings. The van der Waals surface area contributed by atoms with Gasteiger partial charge in [-0.25, -0.2) is 0 Å². The summed E-state index contributed by atoms with van der Waals surface area (Å²) in [6, 6.07) is 5.78. The highest BCUT2D eigenvalue weighted by Gasteiger charge is 2.52. The highest BCUT2D eigenvalue weighted by atomic mass is 16.7. The number of carbonyl (C=O) groups is 1. The molecule has 0 unspecified atom stereocenters. The van der Waals surface area contributed by atoms with Crippen molar-refractivity contribution < 1.29 is 14.1 Å². The van der Waals surface area contributed by atoms with Crippen LogP contribution in [0.5, 0.6) is 0 Å². The average molecular weight is 260 g/mol. The lowest BCUT2D eigenvalue weighted by Crippen LogP contribution is -2.41. The fourth-order valence-electron chi connectivity index (χ4n) is 2.34. The molecule has 0 aromatic heterocycles. The van der Waals surface area contributed by atoms with Crippen molar-refractivity contribution >= 4 is 18.4 Å². The van der Waals surface area contributed by atoms with Crippen LogP contribution in [0.25, 0.3) is 0 Å². The molecule has 1 aromatic carbocycles. The molecule has 0 radical (unpaired) electrons. The van der Waals surface area contributed by atoms with Crippen molar-refractivity contribution in [3.63, 3.8) is 0 Å². The number of ketones is 1. The second kappa shape index (κ2) is 4.46. The van der Waals surface area contributed by atoms with Gasteiger partial charge < -0.3 is 9.31 Å². The van der Waals surface area contributed by atoms with Gasteiger partial charge in [-0.3, -0.25) is 4.79 Å². The first-order chi connectivity index (χ1) is 8.66. The fourth-order valence-corrected chi connectivity index (χ4v) is 2.34. The van der Waals surface area contributed by atoms with Crippen LogP contribution in [-0.2, 0) is 9.31 Å². The third kappa shape index (κ3) is 2.35. The summed E-state index contributed by atoms with van der Waals surface area (Å²) in [5, 5.41) is 0. The maximum Gasteiger partial charge on any atom is 0.495 e. The Hall–Kier alpha value is -1.13. The van der Waals surface area contributed by atoms with Gasteiger partial charge in [0.05, 0.1) is 11.2 Å². The van der Waals surface area contributed by atoms with Crippen molar-refractivity contribution in [2.45, 2.75) is 52.7 Å². The van der Waals surface area contributed by atoms with Crippen LogP contribution in [0.2, 0.25) is 0 Å². The van der Waals surface area contributed by atoms with E-state index in [2.05, 4.69) is 0 Å². The molecule has 1 heterocycles. The standard InChI is InChI=1S/C15H21BO3/c1-10-8-7-9-12(13(10)11(2)17)16-18-14(3,4)15(5,6)19-16/h7-9H,1-6H3. The van der Waals surface area contributed by atoms with Crippen molar-refractivity contribution in [1.29, 1.82) is 0 Å². The third-order valence-electron chi connectivity index (χ3n) is 4.16. The summed E-state index contributed by atoms with van der Waals surface area (Å²) in [5.41, 5.74) is 1.71. The Morgan fingerprint density at radius 1 is 1.11 bits per heavy atom. The van der Waals surface area contributed by atoms with Crippen molar-refractivity contribution in [2.24, 2.45) is 0 Å². The molecule has 1 saturated heterocycles. The summed E-state index contributed by atoms with van der Waals surface area (Å²) >= 11 is 0. The molecule has 0 amide bonds. The summed E-state index contributed by atoms with van der Waals surface area (Å²) in [4.78, 5) is 11.9. The van der Waals surface area contributed by atoms with Gasteiger partial charge in [-0.15, -0.1) is 0 Å². The van der Waals surface area contributed by atoms with E-state index in [1.165, 1.54) is 0 Å². The normalized spacial score (nSPS) is 20.6. The van der Waals surface area contributed by atoms with Crippen LogP contribution >= 0.6 is 0 Å². The Labute approximate surface area is 115 Å². The van der Waals surface area contributed by atoms with Crippen LogP contribution in [0, 0.1) is 6.92 Å². The van der Waals surface area contributed by atoms with E-state index in [1.54, 1.807) is 6.92 Å². The zero-order chi connectivity index (χ0) is 14.4. The number of benzene rings is 1. The number of rotatable bonds is 2. The maximum atomic E-state index is 11.9. The number of hydrogen-bond acceptors (Lipinski definition) is 3. The van der Waals surface area contributed by atoms with Gasteiger partial charge in [0.2, 0.25) is 0 Å². The van der Waals surface area contributed by atoms with Gasteiger partial charge in [-0.05, 0) is 52.6 Å². The summed E-state index contributed by atoms with van der Waals surface area (Å²) in [7, 11) is -0.483. The predicted octanol–water partition coefficient (Wildman–Crippen LogP) is 2.50. The van der Waals surface area contributed by atoms with Gasteiger partial charge >= 0.3 is 7.12 Å². The van der Waals surface area contributed by atoms with Gasteiger partial charge in [0.15, 0.2) is 5.78 Å². The van der Waals surface area contributed by atoms with Crippen LogP contribution in [0.15, 0.2) is 18.2 Å². The number of carbonyl (C=O) groups excluding carboxylic acids is 1. The van der Waals surface area contributed by atoms with Crippen LogP contribution in [0.1, 0.15) is 50.5 Å². The van der Waals surface area contributed by atoms with Crippen LogP contribution in [-0.4, -0.2) is 24.1 Å². The molecular weight excluding hydrogens is 239 g/mol. The van der Waals surface area contributed by atoms with Gasteiger partial charge in [0.25, 0.3) is 0 Å². The average Bonchev–Trinajstić information content (AvgIpc) is 2.47. The molecular formula is C15H21BO3. The third-order valence-corrected chi connectivity index (χ3v) is 4.16. The number of hydrogen-bond donors (Lipinski definition) is 0. The van der Waals surface area contributed by atoms with Crippen LogP contribution in [0.4, 0.5) is 0 Å². The molecule has 19 heavy (non-hydrogen) atoms. The van der Waals surface area contributed by atoms with Gasteiger partial charge in [0, 0.05) is 5.56 Å². The van der Waals surface area contributed by atoms with E-state index in [1.807, 2.05) is 52.8 Å². The topological polar surface area (TPSA) is 35.5 Å². The van der Waals surface area contributed by atoms with E-state index in [0.29, 0.717) is 5.56 Å². The van der Waals surface area contributed by atoms with Gasteiger partial charge in [-0.1, -0.05) is 18.2 Å². The Morgan fingerprint density at radius 3 is 2.11 bits per heavy atom. The summed E-state index contributed by atoms with van der Waals surface area (Å²) < 4.78 is 12.0. The molecule has 0 spiro atoms. The van der Waals surface area contributed by atoms with E-state index in [-0.39, 0.29) is 5.78 Å². The van der Waals surface area contributed by atoms with Crippen molar-refractivity contribution in [2.75, 3.05) is 0 Å². The smallest absolute Gasteiger partial charge is 0.399 e. The van der Waals surface area contributed by atoms with Gasteiger partial charge in [0.1, 0.15) is 0 Å². The van der Waals surface area contributed by atoms with Crippen molar-refractivity contribution in [3.8, 4) is 0 Å². The lowest BCUT2D eigenvalue weighted by Gasteiger charge is -2.32. The number of aryl methyl sites for hydroxylation is 1. The first-order valence-electron chi connectivity index (χ1n) is 6.62. The fraction of sp³-hybridized carbons (Fsp3) is 0.533. The molecule has 1 aliphatic heterocycles. The molecule has 2 rings (SSSR count). The lowest BCUT2D eigenvalue weighted by molar-refractivity contribution is 0.00578. The molecule has 4 heteroatoms. The molecule has 0 N–H and O–H groups in total. The van der Waals surface area contributed by atoms with E-state index in [4.69, 9.17) is 9.31 Å². The molecule has 1 aliphatic rings. The second-order valence-corrected chi connectivity index (χ2v) is 6.18. The lowest BCUT2D eigenvalue weighted by atomic mass is 9.74. The SMILES string of the molecule is CC(=O)c1c(C)cccc1B1OC(C)(C)C(C)(C)O1. The number of Topliss-reactive ketones (excluding diaryl/α,β-unsaturated/α-hetero) is 1. The minimum absolute atomic E-state index is 0.0443. The first kappa shape index (κ1) is 14.3. The second-order valence-electron chi connectivity index (χ2n) is 6.18. The molecule has 0 saturated carbocycles. The van der Waals surface area contributed by atoms with E-state index in [0.717, 1.165) is 11.0 Å². The Morgan fingerprint density at radius 2 is 1.63 bits per heavy atom. The zero-order valence-corrected chi connectivity index (χ0v) is 12.5. The molecule has 0 bridgehead atoms. The summed E-state index contributed by atoms with van der Waals surface area (Å²) in [6.45, 7) is 11.6. The highest BCUT2D eigenvalue weighted by molar-refractivity contribution is 6.63. The van der Waals surface area contributed by atoms with E-state index in [9.17, 15) is 4.79 Å². The Bertz CT molecular complexity index is 504. The monoisotopic (exact) mass is 260 g/mol. The highest BCUT2D eigenvalue weighted by Crippen LogP contribution is 2.36. The maximum absolute atomic E-state index is 11.9. The molecule has 1 aromatic rings. The Kier molecular flexibility index (Phi) is 3.35. The summed E-state index contributed by atoms with van der Waals surface area (Å²) in [6.07, 6.45) is 0. The largest absolute Gasteiger partial charge is 0.495 e. The van der Waals surface area contributed by atoms with E-state index < -0.39 is 18.3 Å². The minimum Gasteiger partial charge on any atom is -0.399 e. The molecule has 0 atom stereocenters. The minimum atomic E-state index is -0.483. The first-order valence-corrected chi connectivity index (χ1v) is 6.62. The molecule has 3 nitrogen and oxygen atoms in total. The molecule has 102 valence electrons. The van der Waals surface area contributed by atoms with Crippen molar-refractivity contribution in [1.82, 2.24) is 0 Å². The van der Waals surface area contributed by atoms with Crippen molar-refractivity contribution in [3.05, 3.63) is 29.3 Å². The zero-order valence-electron chi connectivity index (χ0n) is 12.5. The predicted molar refractivity (Wildman–Crippen MR) is 76.9 cm³/mol. The van der Waals surface area contributed by atoms with E-state index >= 15 is 0 Å². The Balaban J connectivity index is 2.46. The quantitative estimate of drug-likeness (QED) is 0.605. The van der Waals surface area contributed by atoms with Crippen LogP contribution in [0.3, 0.4) is 0 Å². The van der Waals surface area contributed by atoms with Crippen LogP contribution < -0.4 is 5.46 Å². The summed E-state index contributed by atoms with van der Waals surface area (Å²) in [5.74, 6) is 0.0443.